The minimum atomic E-state index is -0.710. The monoisotopic (exact) mass is 488 g/mol. The Balaban J connectivity index is 1.44. The maximum atomic E-state index is 14.9. The second kappa shape index (κ2) is 8.65. The number of halogens is 1. The van der Waals surface area contributed by atoms with Crippen molar-refractivity contribution < 1.29 is 23.8 Å². The first-order valence-corrected chi connectivity index (χ1v) is 12.5. The van der Waals surface area contributed by atoms with E-state index in [-0.39, 0.29) is 28.5 Å². The Morgan fingerprint density at radius 3 is 2.47 bits per heavy atom. The van der Waals surface area contributed by atoms with Gasteiger partial charge in [-0.1, -0.05) is 45.9 Å². The van der Waals surface area contributed by atoms with Crippen molar-refractivity contribution in [3.05, 3.63) is 82.7 Å². The quantitative estimate of drug-likeness (QED) is 0.410. The van der Waals surface area contributed by atoms with Crippen LogP contribution >= 0.6 is 0 Å². The lowest BCUT2D eigenvalue weighted by molar-refractivity contribution is -0.139. The molecule has 2 aliphatic carbocycles. The largest absolute Gasteiger partial charge is 0.497 e. The summed E-state index contributed by atoms with van der Waals surface area (Å²) in [6.45, 7) is 8.71. The number of ether oxygens (including phenoxy) is 2. The number of hydrogen-bond donors (Lipinski definition) is 1. The molecule has 0 aliphatic heterocycles. The molecule has 0 heterocycles. The maximum Gasteiger partial charge on any atom is 0.307 e. The summed E-state index contributed by atoms with van der Waals surface area (Å²) in [5.74, 6) is 0.144. The number of carboxylic acids is 1. The average Bonchev–Trinajstić information content (AvgIpc) is 3.27. The van der Waals surface area contributed by atoms with Crippen molar-refractivity contribution in [1.82, 2.24) is 0 Å². The Morgan fingerprint density at radius 1 is 1.06 bits per heavy atom. The van der Waals surface area contributed by atoms with Gasteiger partial charge in [0.2, 0.25) is 0 Å². The Kier molecular flexibility index (Phi) is 5.85. The van der Waals surface area contributed by atoms with Crippen molar-refractivity contribution in [1.29, 1.82) is 0 Å². The van der Waals surface area contributed by atoms with E-state index in [2.05, 4.69) is 26.8 Å². The molecule has 3 aromatic carbocycles. The number of carbonyl (C=O) groups is 1. The highest BCUT2D eigenvalue weighted by Crippen LogP contribution is 2.66. The molecule has 0 bridgehead atoms. The highest BCUT2D eigenvalue weighted by atomic mass is 19.1. The molecule has 1 N–H and O–H groups in total. The van der Waals surface area contributed by atoms with E-state index in [9.17, 15) is 14.3 Å². The maximum absolute atomic E-state index is 14.9. The number of fused-ring (bicyclic) bond motifs is 2. The van der Waals surface area contributed by atoms with E-state index in [4.69, 9.17) is 9.47 Å². The van der Waals surface area contributed by atoms with Crippen LogP contribution in [0.25, 0.3) is 11.1 Å². The molecule has 3 aromatic rings. The number of aryl methyl sites for hydroxylation is 1. The van der Waals surface area contributed by atoms with E-state index in [0.29, 0.717) is 17.9 Å². The first kappa shape index (κ1) is 24.4. The smallest absolute Gasteiger partial charge is 0.307 e. The van der Waals surface area contributed by atoms with Crippen LogP contribution in [0.4, 0.5) is 4.39 Å². The fraction of sp³-hybridized carbons (Fsp3) is 0.387. The molecule has 5 heteroatoms. The molecule has 188 valence electrons. The van der Waals surface area contributed by atoms with Gasteiger partial charge >= 0.3 is 5.97 Å². The fourth-order valence-corrected chi connectivity index (χ4v) is 6.20. The molecule has 0 amide bonds. The van der Waals surface area contributed by atoms with Crippen molar-refractivity contribution in [3.8, 4) is 22.6 Å². The summed E-state index contributed by atoms with van der Waals surface area (Å²) >= 11 is 0. The summed E-state index contributed by atoms with van der Waals surface area (Å²) in [7, 11) is 1.58. The highest BCUT2D eigenvalue weighted by molar-refractivity contribution is 5.79. The lowest BCUT2D eigenvalue weighted by atomic mass is 9.81. The molecule has 0 saturated heterocycles. The van der Waals surface area contributed by atoms with Gasteiger partial charge in [0.25, 0.3) is 0 Å². The normalized spacial score (nSPS) is 22.4. The van der Waals surface area contributed by atoms with Gasteiger partial charge in [-0.25, -0.2) is 4.39 Å². The van der Waals surface area contributed by atoms with Gasteiger partial charge in [0.1, 0.15) is 23.9 Å². The SMILES string of the molecule is COc1ccc(F)c(-c2cc(COc3ccc4c(c3)C3(CC4)C(C)C3C(=O)O)ccc2C(C)(C)C)c1. The molecule has 4 nitrogen and oxygen atoms in total. The van der Waals surface area contributed by atoms with Crippen LogP contribution in [0, 0.1) is 17.7 Å². The molecule has 1 saturated carbocycles. The molecule has 0 aromatic heterocycles. The van der Waals surface area contributed by atoms with Gasteiger partial charge in [0.05, 0.1) is 13.0 Å². The molecule has 3 unspecified atom stereocenters. The van der Waals surface area contributed by atoms with Crippen molar-refractivity contribution in [2.24, 2.45) is 11.8 Å². The van der Waals surface area contributed by atoms with Gasteiger partial charge in [-0.3, -0.25) is 4.79 Å². The topological polar surface area (TPSA) is 55.8 Å². The second-order valence-electron chi connectivity index (χ2n) is 11.2. The van der Waals surface area contributed by atoms with Gasteiger partial charge in [-0.05, 0) is 88.4 Å². The van der Waals surface area contributed by atoms with Crippen LogP contribution in [-0.4, -0.2) is 18.2 Å². The van der Waals surface area contributed by atoms with Gasteiger partial charge in [0.15, 0.2) is 0 Å². The summed E-state index contributed by atoms with van der Waals surface area (Å²) in [5, 5.41) is 9.68. The number of aliphatic carboxylic acids is 1. The Bertz CT molecular complexity index is 1340. The minimum Gasteiger partial charge on any atom is -0.497 e. The van der Waals surface area contributed by atoms with E-state index in [1.807, 2.05) is 37.3 Å². The lowest BCUT2D eigenvalue weighted by Crippen LogP contribution is -2.14. The summed E-state index contributed by atoms with van der Waals surface area (Å²) < 4.78 is 26.5. The van der Waals surface area contributed by atoms with E-state index in [1.165, 1.54) is 11.6 Å². The third-order valence-corrected chi connectivity index (χ3v) is 8.18. The fourth-order valence-electron chi connectivity index (χ4n) is 6.20. The van der Waals surface area contributed by atoms with E-state index < -0.39 is 5.97 Å². The number of hydrogen-bond acceptors (Lipinski definition) is 3. The Labute approximate surface area is 212 Å². The second-order valence-corrected chi connectivity index (χ2v) is 11.2. The zero-order chi connectivity index (χ0) is 25.8. The summed E-state index contributed by atoms with van der Waals surface area (Å²) in [6, 6.07) is 16.9. The van der Waals surface area contributed by atoms with Crippen LogP contribution in [0.2, 0.25) is 0 Å². The third-order valence-electron chi connectivity index (χ3n) is 8.18. The molecule has 1 fully saturated rings. The predicted octanol–water partition coefficient (Wildman–Crippen LogP) is 6.91. The number of methoxy groups -OCH3 is 1. The number of carboxylic acid groups (broad SMARTS) is 1. The molecule has 36 heavy (non-hydrogen) atoms. The van der Waals surface area contributed by atoms with E-state index in [0.717, 1.165) is 40.8 Å². The van der Waals surface area contributed by atoms with Crippen LogP contribution in [0.5, 0.6) is 11.5 Å². The molecule has 2 aliphatic rings. The molecular formula is C31H33FO4. The highest BCUT2D eigenvalue weighted by Gasteiger charge is 2.68. The molecule has 0 radical (unpaired) electrons. The lowest BCUT2D eigenvalue weighted by Gasteiger charge is -2.24. The Hall–Kier alpha value is -3.34. The molecule has 1 spiro atoms. The van der Waals surface area contributed by atoms with Crippen LogP contribution in [0.3, 0.4) is 0 Å². The van der Waals surface area contributed by atoms with E-state index in [1.54, 1.807) is 19.2 Å². The van der Waals surface area contributed by atoms with Crippen molar-refractivity contribution in [2.45, 2.75) is 58.0 Å². The molecule has 3 atom stereocenters. The summed E-state index contributed by atoms with van der Waals surface area (Å²) in [5.41, 5.74) is 5.21. The van der Waals surface area contributed by atoms with Crippen molar-refractivity contribution in [3.63, 3.8) is 0 Å². The molecule has 5 rings (SSSR count). The number of benzene rings is 3. The van der Waals surface area contributed by atoms with Crippen LogP contribution in [0.1, 0.15) is 56.4 Å². The van der Waals surface area contributed by atoms with Crippen LogP contribution in [0.15, 0.2) is 54.6 Å². The van der Waals surface area contributed by atoms with Gasteiger partial charge in [-0.2, -0.15) is 0 Å². The minimum absolute atomic E-state index is 0.136. The zero-order valence-corrected chi connectivity index (χ0v) is 21.5. The van der Waals surface area contributed by atoms with Crippen molar-refractivity contribution >= 4 is 5.97 Å². The zero-order valence-electron chi connectivity index (χ0n) is 21.5. The van der Waals surface area contributed by atoms with Gasteiger partial charge in [-0.15, -0.1) is 0 Å². The first-order valence-electron chi connectivity index (χ1n) is 12.5. The standard InChI is InChI=1S/C31H33FO4/c1-18-28(29(33)34)31(18)13-12-20-7-8-22(16-26(20)31)36-17-19-6-10-25(30(2,3)4)23(14-19)24-15-21(35-5)9-11-27(24)32/h6-11,14-16,18,28H,12-13,17H2,1-5H3,(H,33,34). The third kappa shape index (κ3) is 3.95. The average molecular weight is 489 g/mol. The Morgan fingerprint density at radius 2 is 1.81 bits per heavy atom. The van der Waals surface area contributed by atoms with Crippen LogP contribution in [-0.2, 0) is 28.7 Å². The summed E-state index contributed by atoms with van der Waals surface area (Å²) in [6.07, 6.45) is 1.79. The van der Waals surface area contributed by atoms with Gasteiger partial charge < -0.3 is 14.6 Å². The number of rotatable bonds is 6. The first-order chi connectivity index (χ1) is 17.1. The molecular weight excluding hydrogens is 455 g/mol. The summed E-state index contributed by atoms with van der Waals surface area (Å²) in [4.78, 5) is 11.8. The van der Waals surface area contributed by atoms with Gasteiger partial charge in [0, 0.05) is 11.0 Å². The predicted molar refractivity (Wildman–Crippen MR) is 138 cm³/mol. The van der Waals surface area contributed by atoms with Crippen molar-refractivity contribution in [2.75, 3.05) is 7.11 Å². The van der Waals surface area contributed by atoms with E-state index >= 15 is 0 Å². The van der Waals surface area contributed by atoms with Crippen LogP contribution < -0.4 is 9.47 Å².